The van der Waals surface area contributed by atoms with Crippen molar-refractivity contribution in [1.29, 1.82) is 0 Å². The molecule has 0 unspecified atom stereocenters. The van der Waals surface area contributed by atoms with Gasteiger partial charge in [0.2, 0.25) is 5.91 Å². The number of thioether (sulfide) groups is 1. The van der Waals surface area contributed by atoms with E-state index in [1.54, 1.807) is 23.1 Å². The third kappa shape index (κ3) is 5.51. The molecule has 1 N–H and O–H groups in total. The third-order valence-corrected chi connectivity index (χ3v) is 5.28. The second-order valence-electron chi connectivity index (χ2n) is 5.66. The third-order valence-electron chi connectivity index (χ3n) is 3.93. The predicted octanol–water partition coefficient (Wildman–Crippen LogP) is 4.69. The van der Waals surface area contributed by atoms with Crippen LogP contribution in [-0.4, -0.2) is 35.6 Å². The minimum atomic E-state index is -0.137. The highest BCUT2D eigenvalue weighted by atomic mass is 35.5. The lowest BCUT2D eigenvalue weighted by molar-refractivity contribution is -0.113. The summed E-state index contributed by atoms with van der Waals surface area (Å²) in [5, 5.41) is 3.56. The van der Waals surface area contributed by atoms with Crippen molar-refractivity contribution in [2.24, 2.45) is 0 Å². The Bertz CT molecular complexity index is 763. The summed E-state index contributed by atoms with van der Waals surface area (Å²) in [5.74, 6) is 0.739. The average Bonchev–Trinajstić information content (AvgIpc) is 2.64. The number of hydrogen-bond donors (Lipinski definition) is 1. The second-order valence-corrected chi connectivity index (χ2v) is 7.05. The summed E-state index contributed by atoms with van der Waals surface area (Å²) in [5.41, 5.74) is 2.07. The first kappa shape index (κ1) is 20.3. The Morgan fingerprint density at radius 1 is 1.04 bits per heavy atom. The number of nitrogens with zero attached hydrogens (tertiary/aromatic N) is 1. The van der Waals surface area contributed by atoms with Crippen LogP contribution in [0.25, 0.3) is 0 Å². The van der Waals surface area contributed by atoms with E-state index in [1.807, 2.05) is 44.2 Å². The van der Waals surface area contributed by atoms with E-state index in [0.717, 1.165) is 5.56 Å². The zero-order valence-corrected chi connectivity index (χ0v) is 16.6. The summed E-state index contributed by atoms with van der Waals surface area (Å²) in [6.45, 7) is 5.14. The summed E-state index contributed by atoms with van der Waals surface area (Å²) in [6, 6.07) is 14.7. The number of carbonyl (C=O) groups is 2. The molecule has 0 saturated carbocycles. The van der Waals surface area contributed by atoms with Crippen molar-refractivity contribution in [2.45, 2.75) is 19.6 Å². The van der Waals surface area contributed by atoms with E-state index in [0.29, 0.717) is 40.9 Å². The van der Waals surface area contributed by atoms with Crippen LogP contribution in [0.4, 0.5) is 5.69 Å². The van der Waals surface area contributed by atoms with Crippen LogP contribution in [0.3, 0.4) is 0 Å². The van der Waals surface area contributed by atoms with Crippen LogP contribution in [-0.2, 0) is 10.5 Å². The molecule has 2 aromatic carbocycles. The van der Waals surface area contributed by atoms with E-state index in [1.165, 1.54) is 11.8 Å². The molecule has 0 aliphatic carbocycles. The van der Waals surface area contributed by atoms with Crippen molar-refractivity contribution >= 4 is 40.9 Å². The zero-order valence-electron chi connectivity index (χ0n) is 15.0. The zero-order chi connectivity index (χ0) is 18.9. The number of rotatable bonds is 8. The van der Waals surface area contributed by atoms with Crippen molar-refractivity contribution in [2.75, 3.05) is 24.2 Å². The molecule has 0 aromatic heterocycles. The molecule has 2 aromatic rings. The van der Waals surface area contributed by atoms with Gasteiger partial charge in [0.25, 0.3) is 5.91 Å². The van der Waals surface area contributed by atoms with Gasteiger partial charge in [-0.3, -0.25) is 9.59 Å². The van der Waals surface area contributed by atoms with Crippen molar-refractivity contribution in [3.05, 3.63) is 64.7 Å². The lowest BCUT2D eigenvalue weighted by Gasteiger charge is -2.20. The van der Waals surface area contributed by atoms with E-state index in [2.05, 4.69) is 5.32 Å². The summed E-state index contributed by atoms with van der Waals surface area (Å²) in [4.78, 5) is 26.6. The van der Waals surface area contributed by atoms with Crippen molar-refractivity contribution in [3.63, 3.8) is 0 Å². The maximum atomic E-state index is 12.6. The summed E-state index contributed by atoms with van der Waals surface area (Å²) >= 11 is 7.61. The summed E-state index contributed by atoms with van der Waals surface area (Å²) < 4.78 is 0. The van der Waals surface area contributed by atoms with Crippen molar-refractivity contribution < 1.29 is 9.59 Å². The van der Waals surface area contributed by atoms with Gasteiger partial charge in [-0.2, -0.15) is 0 Å². The van der Waals surface area contributed by atoms with Crippen LogP contribution in [0.15, 0.2) is 48.5 Å². The van der Waals surface area contributed by atoms with Crippen molar-refractivity contribution in [3.8, 4) is 0 Å². The monoisotopic (exact) mass is 390 g/mol. The molecule has 2 amide bonds. The molecular weight excluding hydrogens is 368 g/mol. The molecule has 4 nitrogen and oxygen atoms in total. The number of hydrogen-bond acceptors (Lipinski definition) is 3. The molecule has 0 saturated heterocycles. The van der Waals surface area contributed by atoms with Gasteiger partial charge in [0.15, 0.2) is 0 Å². The van der Waals surface area contributed by atoms with Gasteiger partial charge in [0, 0.05) is 23.9 Å². The molecule has 0 bridgehead atoms. The van der Waals surface area contributed by atoms with Crippen LogP contribution < -0.4 is 5.32 Å². The maximum Gasteiger partial charge on any atom is 0.255 e. The minimum absolute atomic E-state index is 0.0744. The lowest BCUT2D eigenvalue weighted by Crippen LogP contribution is -2.31. The highest BCUT2D eigenvalue weighted by Crippen LogP contribution is 2.22. The van der Waals surface area contributed by atoms with Gasteiger partial charge in [-0.05, 0) is 37.6 Å². The maximum absolute atomic E-state index is 12.6. The Morgan fingerprint density at radius 2 is 1.69 bits per heavy atom. The molecule has 0 heterocycles. The largest absolute Gasteiger partial charge is 0.339 e. The highest BCUT2D eigenvalue weighted by Gasteiger charge is 2.17. The smallest absolute Gasteiger partial charge is 0.255 e. The fourth-order valence-electron chi connectivity index (χ4n) is 2.52. The van der Waals surface area contributed by atoms with Gasteiger partial charge < -0.3 is 10.2 Å². The Kier molecular flexibility index (Phi) is 8.01. The summed E-state index contributed by atoms with van der Waals surface area (Å²) in [6.07, 6.45) is 0. The molecule has 0 fully saturated rings. The lowest BCUT2D eigenvalue weighted by atomic mass is 10.1. The van der Waals surface area contributed by atoms with E-state index in [9.17, 15) is 9.59 Å². The van der Waals surface area contributed by atoms with E-state index in [-0.39, 0.29) is 11.8 Å². The van der Waals surface area contributed by atoms with Gasteiger partial charge in [0.05, 0.1) is 17.0 Å². The SMILES string of the molecule is CCN(CC)C(=O)c1ccccc1NC(=O)CSCc1ccccc1Cl. The number of halogens is 1. The number of amides is 2. The molecule has 2 rings (SSSR count). The molecule has 0 atom stereocenters. The molecular formula is C20H23ClN2O2S. The van der Waals surface area contributed by atoms with Crippen LogP contribution in [0.5, 0.6) is 0 Å². The van der Waals surface area contributed by atoms with Crippen LogP contribution in [0.1, 0.15) is 29.8 Å². The topological polar surface area (TPSA) is 49.4 Å². The standard InChI is InChI=1S/C20H23ClN2O2S/c1-3-23(4-2)20(25)16-10-6-8-12-18(16)22-19(24)14-26-13-15-9-5-7-11-17(15)21/h5-12H,3-4,13-14H2,1-2H3,(H,22,24). The number of para-hydroxylation sites is 1. The normalized spacial score (nSPS) is 10.4. The predicted molar refractivity (Wildman–Crippen MR) is 110 cm³/mol. The molecule has 26 heavy (non-hydrogen) atoms. The van der Waals surface area contributed by atoms with E-state index < -0.39 is 0 Å². The molecule has 0 aliphatic rings. The van der Waals surface area contributed by atoms with E-state index in [4.69, 9.17) is 11.6 Å². The Hall–Kier alpha value is -1.98. The number of carbonyl (C=O) groups excluding carboxylic acids is 2. The summed E-state index contributed by atoms with van der Waals surface area (Å²) in [7, 11) is 0. The van der Waals surface area contributed by atoms with Crippen LogP contribution in [0, 0.1) is 0 Å². The number of benzene rings is 2. The fraction of sp³-hybridized carbons (Fsp3) is 0.300. The van der Waals surface area contributed by atoms with E-state index >= 15 is 0 Å². The second kappa shape index (κ2) is 10.2. The average molecular weight is 391 g/mol. The molecule has 138 valence electrons. The molecule has 0 spiro atoms. The van der Waals surface area contributed by atoms with Gasteiger partial charge in [-0.1, -0.05) is 41.9 Å². The molecule has 0 radical (unpaired) electrons. The molecule has 6 heteroatoms. The van der Waals surface area contributed by atoms with Crippen molar-refractivity contribution in [1.82, 2.24) is 4.90 Å². The Morgan fingerprint density at radius 3 is 2.38 bits per heavy atom. The minimum Gasteiger partial charge on any atom is -0.339 e. The fourth-order valence-corrected chi connectivity index (χ4v) is 3.63. The quantitative estimate of drug-likeness (QED) is 0.711. The van der Waals surface area contributed by atoms with Gasteiger partial charge in [-0.15, -0.1) is 11.8 Å². The first-order valence-electron chi connectivity index (χ1n) is 8.56. The Balaban J connectivity index is 1.97. The van der Waals surface area contributed by atoms with Gasteiger partial charge in [0.1, 0.15) is 0 Å². The van der Waals surface area contributed by atoms with Gasteiger partial charge >= 0.3 is 0 Å². The first-order valence-corrected chi connectivity index (χ1v) is 10.1. The number of nitrogens with one attached hydrogen (secondary N) is 1. The first-order chi connectivity index (χ1) is 12.6. The molecule has 0 aliphatic heterocycles. The van der Waals surface area contributed by atoms with Crippen LogP contribution >= 0.6 is 23.4 Å². The number of anilines is 1. The van der Waals surface area contributed by atoms with Gasteiger partial charge in [-0.25, -0.2) is 0 Å². The Labute approximate surface area is 163 Å². The highest BCUT2D eigenvalue weighted by molar-refractivity contribution is 7.99. The van der Waals surface area contributed by atoms with Crippen LogP contribution in [0.2, 0.25) is 5.02 Å².